The predicted octanol–water partition coefficient (Wildman–Crippen LogP) is 14.3. The summed E-state index contributed by atoms with van der Waals surface area (Å²) in [7, 11) is 2.48. The van der Waals surface area contributed by atoms with E-state index in [0.717, 1.165) is 39.1 Å². The Labute approximate surface area is 361 Å². The molecule has 2 aliphatic rings. The van der Waals surface area contributed by atoms with Gasteiger partial charge in [-0.2, -0.15) is 0 Å². The molecule has 7 aromatic carbocycles. The van der Waals surface area contributed by atoms with E-state index in [0.29, 0.717) is 0 Å². The number of hydrogen-bond donors (Lipinski definition) is 1. The Balaban J connectivity index is 1.29. The van der Waals surface area contributed by atoms with Crippen molar-refractivity contribution in [1.29, 1.82) is 0 Å². The highest BCUT2D eigenvalue weighted by molar-refractivity contribution is 6.74. The standard InChI is InChI=1S/C57H54BN2O/c1-54(2,3)32-20-24-35(25-21-32)59-44-26-22-33(55(4,5)6)28-39(44)50-51-52-48(49-37-17-13-15-19-47(37)61-53(49)50)40-29-34(56(7,8)9)23-27-45(40)60(52)46-30-38-36-16-12-14-18-41(36)57(10,11)42(38)31-43(46)58-51/h12-31,59H,1-11H3. The molecule has 3 nitrogen and oxygen atoms in total. The van der Waals surface area contributed by atoms with Gasteiger partial charge in [0, 0.05) is 60.7 Å². The Bertz CT molecular complexity index is 3320. The van der Waals surface area contributed by atoms with Crippen molar-refractivity contribution in [2.24, 2.45) is 0 Å². The molecule has 11 rings (SSSR count). The van der Waals surface area contributed by atoms with E-state index in [1.165, 1.54) is 82.7 Å². The van der Waals surface area contributed by atoms with Crippen LogP contribution in [0.5, 0.6) is 0 Å². The second kappa shape index (κ2) is 12.5. The van der Waals surface area contributed by atoms with Crippen molar-refractivity contribution in [1.82, 2.24) is 4.57 Å². The fourth-order valence-corrected chi connectivity index (χ4v) is 10.4. The molecule has 0 atom stereocenters. The third-order valence-corrected chi connectivity index (χ3v) is 13.9. The van der Waals surface area contributed by atoms with Gasteiger partial charge in [-0.25, -0.2) is 0 Å². The molecule has 0 unspecified atom stereocenters. The molecule has 301 valence electrons. The number of fused-ring (bicyclic) bond motifs is 12. The summed E-state index contributed by atoms with van der Waals surface area (Å²) in [6.45, 7) is 25.4. The van der Waals surface area contributed by atoms with Gasteiger partial charge in [-0.1, -0.05) is 154 Å². The number of nitrogens with zero attached hydrogens (tertiary/aromatic N) is 1. The maximum Gasteiger partial charge on any atom is 0.198 e. The van der Waals surface area contributed by atoms with E-state index in [-0.39, 0.29) is 21.7 Å². The average Bonchev–Trinajstić information content (AvgIpc) is 3.83. The highest BCUT2D eigenvalue weighted by atomic mass is 16.3. The van der Waals surface area contributed by atoms with Gasteiger partial charge in [0.05, 0.1) is 5.52 Å². The zero-order valence-electron chi connectivity index (χ0n) is 37.5. The Morgan fingerprint density at radius 3 is 1.97 bits per heavy atom. The lowest BCUT2D eigenvalue weighted by Gasteiger charge is -2.28. The molecular formula is C57H54BN2O. The Morgan fingerprint density at radius 1 is 0.574 bits per heavy atom. The Kier molecular flexibility index (Phi) is 7.80. The van der Waals surface area contributed by atoms with E-state index in [2.05, 4.69) is 215 Å². The van der Waals surface area contributed by atoms with Crippen LogP contribution in [0, 0.1) is 0 Å². The van der Waals surface area contributed by atoms with Crippen LogP contribution in [0.1, 0.15) is 104 Å². The number of para-hydroxylation sites is 1. The SMILES string of the molecule is CC(C)(C)c1ccc(Nc2ccc(C(C)(C)C)cc2-c2c3c4c(c5cc(C(C)(C)C)ccc5n4-c4cc5c(cc4[B]3)C(C)(C)c3ccccc3-5)c3c2oc2ccccc23)cc1. The van der Waals surface area contributed by atoms with Crippen molar-refractivity contribution >= 4 is 73.3 Å². The van der Waals surface area contributed by atoms with Crippen molar-refractivity contribution in [2.75, 3.05) is 5.32 Å². The predicted molar refractivity (Wildman–Crippen MR) is 262 cm³/mol. The molecule has 9 aromatic rings. The largest absolute Gasteiger partial charge is 0.455 e. The first-order valence-corrected chi connectivity index (χ1v) is 22.0. The molecule has 1 aliphatic heterocycles. The number of hydrogen-bond acceptors (Lipinski definition) is 2. The first-order valence-electron chi connectivity index (χ1n) is 22.0. The number of benzene rings is 7. The summed E-state index contributed by atoms with van der Waals surface area (Å²) in [6.07, 6.45) is 0. The molecule has 0 saturated carbocycles. The molecule has 0 saturated heterocycles. The second-order valence-corrected chi connectivity index (χ2v) is 21.4. The number of furan rings is 1. The highest BCUT2D eigenvalue weighted by Crippen LogP contribution is 2.51. The van der Waals surface area contributed by atoms with E-state index in [1.54, 1.807) is 0 Å². The Morgan fingerprint density at radius 2 is 1.23 bits per heavy atom. The summed E-state index contributed by atoms with van der Waals surface area (Å²) in [5.41, 5.74) is 21.4. The Hall–Kier alpha value is -6.00. The van der Waals surface area contributed by atoms with Crippen molar-refractivity contribution < 1.29 is 4.42 Å². The normalized spacial score (nSPS) is 14.4. The minimum absolute atomic E-state index is 0.0255. The molecule has 2 aromatic heterocycles. The summed E-state index contributed by atoms with van der Waals surface area (Å²) in [5.74, 6) is 0. The van der Waals surface area contributed by atoms with Crippen LogP contribution in [0.25, 0.3) is 71.7 Å². The monoisotopic (exact) mass is 793 g/mol. The molecule has 0 fully saturated rings. The van der Waals surface area contributed by atoms with Crippen LogP contribution >= 0.6 is 0 Å². The van der Waals surface area contributed by atoms with E-state index in [1.807, 2.05) is 0 Å². The van der Waals surface area contributed by atoms with E-state index in [4.69, 9.17) is 4.42 Å². The summed E-state index contributed by atoms with van der Waals surface area (Å²) in [5, 5.41) is 8.74. The van der Waals surface area contributed by atoms with Crippen molar-refractivity contribution in [3.05, 3.63) is 149 Å². The smallest absolute Gasteiger partial charge is 0.198 e. The first-order chi connectivity index (χ1) is 28.9. The molecule has 1 N–H and O–H groups in total. The van der Waals surface area contributed by atoms with Crippen LogP contribution in [-0.2, 0) is 21.7 Å². The summed E-state index contributed by atoms with van der Waals surface area (Å²) in [4.78, 5) is 0. The van der Waals surface area contributed by atoms with Crippen LogP contribution < -0.4 is 16.2 Å². The van der Waals surface area contributed by atoms with Crippen molar-refractivity contribution in [3.63, 3.8) is 0 Å². The zero-order valence-corrected chi connectivity index (χ0v) is 37.5. The van der Waals surface area contributed by atoms with Crippen LogP contribution in [-0.4, -0.2) is 11.8 Å². The molecule has 61 heavy (non-hydrogen) atoms. The lowest BCUT2D eigenvalue weighted by atomic mass is 9.58. The van der Waals surface area contributed by atoms with E-state index < -0.39 is 0 Å². The van der Waals surface area contributed by atoms with Gasteiger partial charge in [-0.05, 0) is 109 Å². The summed E-state index contributed by atoms with van der Waals surface area (Å²) in [6, 6.07) is 45.7. The molecule has 3 heterocycles. The molecular weight excluding hydrogens is 739 g/mol. The third-order valence-electron chi connectivity index (χ3n) is 13.9. The molecule has 0 spiro atoms. The molecule has 0 amide bonds. The molecule has 4 heteroatoms. The van der Waals surface area contributed by atoms with Gasteiger partial charge < -0.3 is 14.3 Å². The topological polar surface area (TPSA) is 30.1 Å². The second-order valence-electron chi connectivity index (χ2n) is 21.4. The molecule has 1 aliphatic carbocycles. The first kappa shape index (κ1) is 38.0. The van der Waals surface area contributed by atoms with E-state index >= 15 is 0 Å². The summed E-state index contributed by atoms with van der Waals surface area (Å²) < 4.78 is 9.82. The number of anilines is 2. The third kappa shape index (κ3) is 5.57. The van der Waals surface area contributed by atoms with Gasteiger partial charge >= 0.3 is 0 Å². The van der Waals surface area contributed by atoms with Gasteiger partial charge in [0.15, 0.2) is 7.28 Å². The number of nitrogens with one attached hydrogen (secondary N) is 1. The molecule has 1 radical (unpaired) electrons. The van der Waals surface area contributed by atoms with Crippen molar-refractivity contribution in [3.8, 4) is 27.9 Å². The van der Waals surface area contributed by atoms with Crippen LogP contribution in [0.3, 0.4) is 0 Å². The lowest BCUT2D eigenvalue weighted by molar-refractivity contribution is 0.590. The van der Waals surface area contributed by atoms with Crippen LogP contribution in [0.2, 0.25) is 0 Å². The van der Waals surface area contributed by atoms with E-state index in [9.17, 15) is 0 Å². The minimum Gasteiger partial charge on any atom is -0.455 e. The van der Waals surface area contributed by atoms with Crippen LogP contribution in [0.4, 0.5) is 11.4 Å². The fraction of sp³-hybridized carbons (Fsp3) is 0.263. The van der Waals surface area contributed by atoms with Gasteiger partial charge in [0.25, 0.3) is 0 Å². The van der Waals surface area contributed by atoms with Gasteiger partial charge in [-0.15, -0.1) is 0 Å². The summed E-state index contributed by atoms with van der Waals surface area (Å²) >= 11 is 0. The number of rotatable bonds is 3. The van der Waals surface area contributed by atoms with Gasteiger partial charge in [0.2, 0.25) is 0 Å². The van der Waals surface area contributed by atoms with Gasteiger partial charge in [-0.3, -0.25) is 0 Å². The fourth-order valence-electron chi connectivity index (χ4n) is 10.4. The van der Waals surface area contributed by atoms with Gasteiger partial charge in [0.1, 0.15) is 11.2 Å². The highest BCUT2D eigenvalue weighted by Gasteiger charge is 2.39. The van der Waals surface area contributed by atoms with Crippen molar-refractivity contribution in [2.45, 2.75) is 97.8 Å². The maximum atomic E-state index is 7.23. The van der Waals surface area contributed by atoms with Crippen LogP contribution in [0.15, 0.2) is 126 Å². The average molecular weight is 794 g/mol. The lowest BCUT2D eigenvalue weighted by Crippen LogP contribution is -2.38. The minimum atomic E-state index is -0.128. The maximum absolute atomic E-state index is 7.23. The quantitative estimate of drug-likeness (QED) is 0.181. The zero-order chi connectivity index (χ0) is 42.5. The number of aromatic nitrogens is 1. The molecule has 0 bridgehead atoms.